The summed E-state index contributed by atoms with van der Waals surface area (Å²) in [4.78, 5) is 18.1. The number of nitrogens with one attached hydrogen (secondary N) is 1. The number of hydrogen-bond donors (Lipinski definition) is 1. The summed E-state index contributed by atoms with van der Waals surface area (Å²) in [6.45, 7) is 3.10. The summed E-state index contributed by atoms with van der Waals surface area (Å²) < 4.78 is 18.2. The Hall–Kier alpha value is -2.28. The third-order valence-corrected chi connectivity index (χ3v) is 3.21. The van der Waals surface area contributed by atoms with E-state index in [0.717, 1.165) is 12.8 Å². The molecule has 6 nitrogen and oxygen atoms in total. The van der Waals surface area contributed by atoms with Crippen LogP contribution in [0.15, 0.2) is 28.8 Å². The van der Waals surface area contributed by atoms with Crippen molar-refractivity contribution in [1.82, 2.24) is 15.0 Å². The fourth-order valence-corrected chi connectivity index (χ4v) is 2.07. The van der Waals surface area contributed by atoms with Gasteiger partial charge < -0.3 is 9.84 Å². The van der Waals surface area contributed by atoms with Crippen molar-refractivity contribution in [3.05, 3.63) is 41.8 Å². The lowest BCUT2D eigenvalue weighted by Gasteiger charge is -2.14. The van der Waals surface area contributed by atoms with Gasteiger partial charge in [-0.05, 0) is 31.7 Å². The molecule has 1 N–H and O–H groups in total. The van der Waals surface area contributed by atoms with Crippen LogP contribution in [0.5, 0.6) is 0 Å². The summed E-state index contributed by atoms with van der Waals surface area (Å²) in [5.74, 6) is 0.711. The molecule has 0 aliphatic carbocycles. The molecule has 0 atom stereocenters. The molecule has 2 rings (SSSR count). The highest BCUT2D eigenvalue weighted by Gasteiger charge is 2.10. The molecule has 1 aromatic carbocycles. The Balaban J connectivity index is 1.74. The van der Waals surface area contributed by atoms with Crippen molar-refractivity contribution >= 4 is 11.6 Å². The van der Waals surface area contributed by atoms with Gasteiger partial charge >= 0.3 is 0 Å². The van der Waals surface area contributed by atoms with Crippen molar-refractivity contribution in [3.8, 4) is 0 Å². The van der Waals surface area contributed by atoms with Crippen LogP contribution >= 0.6 is 0 Å². The van der Waals surface area contributed by atoms with E-state index in [-0.39, 0.29) is 11.7 Å². The summed E-state index contributed by atoms with van der Waals surface area (Å²) in [6.07, 6.45) is 2.02. The van der Waals surface area contributed by atoms with Crippen molar-refractivity contribution in [1.29, 1.82) is 0 Å². The van der Waals surface area contributed by atoms with Gasteiger partial charge in [0.1, 0.15) is 5.82 Å². The van der Waals surface area contributed by atoms with Crippen LogP contribution in [0.4, 0.5) is 10.1 Å². The Morgan fingerprint density at radius 2 is 2.26 bits per heavy atom. The number of anilines is 1. The SMILES string of the molecule is CCCc1nc(CN(C)CCC(=O)Nc2cccc(F)c2)no1. The van der Waals surface area contributed by atoms with Gasteiger partial charge in [-0.2, -0.15) is 4.98 Å². The molecule has 1 heterocycles. The molecule has 0 saturated heterocycles. The quantitative estimate of drug-likeness (QED) is 0.809. The van der Waals surface area contributed by atoms with Crippen LogP contribution in [0, 0.1) is 5.82 Å². The highest BCUT2D eigenvalue weighted by Crippen LogP contribution is 2.09. The van der Waals surface area contributed by atoms with Gasteiger partial charge in [-0.25, -0.2) is 4.39 Å². The number of benzene rings is 1. The zero-order valence-electron chi connectivity index (χ0n) is 13.4. The maximum atomic E-state index is 13.0. The summed E-state index contributed by atoms with van der Waals surface area (Å²) in [5.41, 5.74) is 0.458. The largest absolute Gasteiger partial charge is 0.339 e. The number of nitrogens with zero attached hydrogens (tertiary/aromatic N) is 3. The second-order valence-corrected chi connectivity index (χ2v) is 5.40. The van der Waals surface area contributed by atoms with Crippen molar-refractivity contribution in [3.63, 3.8) is 0 Å². The van der Waals surface area contributed by atoms with E-state index in [4.69, 9.17) is 4.52 Å². The fourth-order valence-electron chi connectivity index (χ4n) is 2.07. The maximum absolute atomic E-state index is 13.0. The van der Waals surface area contributed by atoms with Crippen molar-refractivity contribution < 1.29 is 13.7 Å². The molecule has 0 aliphatic rings. The third-order valence-electron chi connectivity index (χ3n) is 3.21. The van der Waals surface area contributed by atoms with E-state index in [1.54, 1.807) is 12.1 Å². The first-order valence-electron chi connectivity index (χ1n) is 7.62. The van der Waals surface area contributed by atoms with E-state index in [1.807, 2.05) is 18.9 Å². The standard InChI is InChI=1S/C16H21FN4O2/c1-3-5-16-19-14(20-23-16)11-21(2)9-8-15(22)18-13-7-4-6-12(17)10-13/h4,6-7,10H,3,5,8-9,11H2,1-2H3,(H,18,22). The Kier molecular flexibility index (Phi) is 6.22. The van der Waals surface area contributed by atoms with E-state index < -0.39 is 0 Å². The van der Waals surface area contributed by atoms with Gasteiger partial charge in [0.2, 0.25) is 11.8 Å². The highest BCUT2D eigenvalue weighted by molar-refractivity contribution is 5.90. The minimum atomic E-state index is -0.375. The fraction of sp³-hybridized carbons (Fsp3) is 0.438. The highest BCUT2D eigenvalue weighted by atomic mass is 19.1. The van der Waals surface area contributed by atoms with E-state index in [1.165, 1.54) is 12.1 Å². The Bertz CT molecular complexity index is 645. The van der Waals surface area contributed by atoms with Crippen molar-refractivity contribution in [2.45, 2.75) is 32.7 Å². The minimum absolute atomic E-state index is 0.165. The molecular formula is C16H21FN4O2. The van der Waals surface area contributed by atoms with E-state index in [2.05, 4.69) is 15.5 Å². The summed E-state index contributed by atoms with van der Waals surface area (Å²) >= 11 is 0. The second kappa shape index (κ2) is 8.38. The molecule has 0 unspecified atom stereocenters. The van der Waals surface area contributed by atoms with Gasteiger partial charge in [0.15, 0.2) is 5.82 Å². The first-order valence-corrected chi connectivity index (χ1v) is 7.62. The average Bonchev–Trinajstić information content (AvgIpc) is 2.93. The second-order valence-electron chi connectivity index (χ2n) is 5.40. The molecule has 1 amide bonds. The summed E-state index contributed by atoms with van der Waals surface area (Å²) in [7, 11) is 1.88. The monoisotopic (exact) mass is 320 g/mol. The smallest absolute Gasteiger partial charge is 0.226 e. The van der Waals surface area contributed by atoms with E-state index in [0.29, 0.717) is 36.9 Å². The lowest BCUT2D eigenvalue weighted by molar-refractivity contribution is -0.116. The van der Waals surface area contributed by atoms with Gasteiger partial charge in [-0.15, -0.1) is 0 Å². The molecule has 0 aliphatic heterocycles. The van der Waals surface area contributed by atoms with Gasteiger partial charge in [-0.1, -0.05) is 18.1 Å². The zero-order valence-corrected chi connectivity index (χ0v) is 13.4. The third kappa shape index (κ3) is 5.78. The lowest BCUT2D eigenvalue weighted by Crippen LogP contribution is -2.24. The number of aromatic nitrogens is 2. The predicted molar refractivity (Wildman–Crippen MR) is 84.3 cm³/mol. The summed E-state index contributed by atoms with van der Waals surface area (Å²) in [5, 5.41) is 6.58. The molecular weight excluding hydrogens is 299 g/mol. The van der Waals surface area contributed by atoms with Crippen LogP contribution in [0.3, 0.4) is 0 Å². The molecule has 124 valence electrons. The molecule has 0 saturated carbocycles. The number of aryl methyl sites for hydroxylation is 1. The Labute approximate surface area is 134 Å². The normalized spacial score (nSPS) is 11.0. The molecule has 0 spiro atoms. The van der Waals surface area contributed by atoms with Crippen LogP contribution < -0.4 is 5.32 Å². The zero-order chi connectivity index (χ0) is 16.7. The average molecular weight is 320 g/mol. The van der Waals surface area contributed by atoms with Crippen molar-refractivity contribution in [2.24, 2.45) is 0 Å². The molecule has 23 heavy (non-hydrogen) atoms. The molecule has 0 bridgehead atoms. The number of carbonyl (C=O) groups is 1. The molecule has 2 aromatic rings. The summed E-state index contributed by atoms with van der Waals surface area (Å²) in [6, 6.07) is 5.83. The predicted octanol–water partition coefficient (Wildman–Crippen LogP) is 2.62. The lowest BCUT2D eigenvalue weighted by atomic mass is 10.3. The Morgan fingerprint density at radius 1 is 1.43 bits per heavy atom. The van der Waals surface area contributed by atoms with Crippen LogP contribution in [0.25, 0.3) is 0 Å². The number of rotatable bonds is 8. The van der Waals surface area contributed by atoms with Crippen LogP contribution in [0.1, 0.15) is 31.5 Å². The van der Waals surface area contributed by atoms with Gasteiger partial charge in [0, 0.05) is 25.1 Å². The first-order chi connectivity index (χ1) is 11.1. The van der Waals surface area contributed by atoms with Crippen LogP contribution in [-0.2, 0) is 17.8 Å². The maximum Gasteiger partial charge on any atom is 0.226 e. The molecule has 0 radical (unpaired) electrons. The Morgan fingerprint density at radius 3 is 3.00 bits per heavy atom. The first kappa shape index (κ1) is 17.1. The minimum Gasteiger partial charge on any atom is -0.339 e. The van der Waals surface area contributed by atoms with E-state index in [9.17, 15) is 9.18 Å². The molecule has 1 aromatic heterocycles. The number of hydrogen-bond acceptors (Lipinski definition) is 5. The van der Waals surface area contributed by atoms with Gasteiger partial charge in [0.25, 0.3) is 0 Å². The van der Waals surface area contributed by atoms with Crippen LogP contribution in [0.2, 0.25) is 0 Å². The number of halogens is 1. The molecule has 7 heteroatoms. The van der Waals surface area contributed by atoms with Crippen LogP contribution in [-0.4, -0.2) is 34.5 Å². The van der Waals surface area contributed by atoms with Crippen molar-refractivity contribution in [2.75, 3.05) is 18.9 Å². The number of amides is 1. The molecule has 0 fully saturated rings. The van der Waals surface area contributed by atoms with Gasteiger partial charge in [0.05, 0.1) is 6.54 Å². The number of carbonyl (C=O) groups excluding carboxylic acids is 1. The van der Waals surface area contributed by atoms with Gasteiger partial charge in [-0.3, -0.25) is 9.69 Å². The van der Waals surface area contributed by atoms with E-state index >= 15 is 0 Å². The topological polar surface area (TPSA) is 71.3 Å².